The Balaban J connectivity index is 2.09. The second-order valence-electron chi connectivity index (χ2n) is 4.99. The zero-order chi connectivity index (χ0) is 13.9. The van der Waals surface area contributed by atoms with E-state index in [1.54, 1.807) is 0 Å². The maximum Gasteiger partial charge on any atom is 0.246 e. The molecule has 0 aliphatic carbocycles. The standard InChI is InChI=1S/C13H17N3O2S/c1-9(2)10-7-19-12(15-10)16-11(17)13(8-14)3-5-18-6-4-13/h7,9H,3-6H2,1-2H3,(H,15,16,17). The van der Waals surface area contributed by atoms with Crippen LogP contribution >= 0.6 is 11.3 Å². The van der Waals surface area contributed by atoms with Gasteiger partial charge in [0.1, 0.15) is 5.41 Å². The number of ether oxygens (including phenoxy) is 1. The van der Waals surface area contributed by atoms with Crippen molar-refractivity contribution >= 4 is 22.4 Å². The van der Waals surface area contributed by atoms with Crippen molar-refractivity contribution in [2.24, 2.45) is 5.41 Å². The Morgan fingerprint density at radius 2 is 2.26 bits per heavy atom. The fourth-order valence-electron chi connectivity index (χ4n) is 1.94. The fraction of sp³-hybridized carbons (Fsp3) is 0.615. The zero-order valence-corrected chi connectivity index (χ0v) is 11.9. The molecule has 1 saturated heterocycles. The Morgan fingerprint density at radius 1 is 1.58 bits per heavy atom. The molecule has 2 rings (SSSR count). The minimum atomic E-state index is -0.970. The van der Waals surface area contributed by atoms with Crippen LogP contribution in [-0.2, 0) is 9.53 Å². The van der Waals surface area contributed by atoms with Gasteiger partial charge in [-0.05, 0) is 18.8 Å². The van der Waals surface area contributed by atoms with Gasteiger partial charge in [-0.25, -0.2) is 4.98 Å². The second-order valence-corrected chi connectivity index (χ2v) is 5.85. The van der Waals surface area contributed by atoms with Gasteiger partial charge < -0.3 is 10.1 Å². The van der Waals surface area contributed by atoms with E-state index in [1.165, 1.54) is 11.3 Å². The summed E-state index contributed by atoms with van der Waals surface area (Å²) in [6.07, 6.45) is 0.884. The Labute approximate surface area is 116 Å². The Hall–Kier alpha value is -1.45. The van der Waals surface area contributed by atoms with Crippen molar-refractivity contribution in [3.63, 3.8) is 0 Å². The third-order valence-electron chi connectivity index (χ3n) is 3.33. The molecule has 0 aromatic carbocycles. The Kier molecular flexibility index (Phi) is 4.17. The maximum absolute atomic E-state index is 12.3. The predicted octanol–water partition coefficient (Wildman–Crippen LogP) is 2.53. The first-order valence-corrected chi connectivity index (χ1v) is 7.21. The molecule has 5 nitrogen and oxygen atoms in total. The van der Waals surface area contributed by atoms with Gasteiger partial charge in [-0.1, -0.05) is 13.8 Å². The van der Waals surface area contributed by atoms with Gasteiger partial charge in [-0.15, -0.1) is 11.3 Å². The summed E-state index contributed by atoms with van der Waals surface area (Å²) in [5.41, 5.74) is -0.0136. The van der Waals surface area contributed by atoms with Crippen molar-refractivity contribution in [3.8, 4) is 6.07 Å². The van der Waals surface area contributed by atoms with E-state index in [-0.39, 0.29) is 5.91 Å². The number of anilines is 1. The molecule has 1 fully saturated rings. The van der Waals surface area contributed by atoms with Gasteiger partial charge in [0.15, 0.2) is 5.13 Å². The molecule has 0 atom stereocenters. The van der Waals surface area contributed by atoms with Crippen LogP contribution in [-0.4, -0.2) is 24.1 Å². The van der Waals surface area contributed by atoms with E-state index in [2.05, 4.69) is 30.2 Å². The number of hydrogen-bond donors (Lipinski definition) is 1. The highest BCUT2D eigenvalue weighted by Gasteiger charge is 2.40. The molecule has 19 heavy (non-hydrogen) atoms. The van der Waals surface area contributed by atoms with E-state index >= 15 is 0 Å². The predicted molar refractivity (Wildman–Crippen MR) is 72.9 cm³/mol. The molecule has 102 valence electrons. The number of nitriles is 1. The summed E-state index contributed by atoms with van der Waals surface area (Å²) in [6.45, 7) is 5.01. The minimum Gasteiger partial charge on any atom is -0.381 e. The largest absolute Gasteiger partial charge is 0.381 e. The number of nitrogens with one attached hydrogen (secondary N) is 1. The monoisotopic (exact) mass is 279 g/mol. The number of amides is 1. The van der Waals surface area contributed by atoms with Crippen molar-refractivity contribution in [2.45, 2.75) is 32.6 Å². The van der Waals surface area contributed by atoms with E-state index < -0.39 is 5.41 Å². The molecule has 1 aliphatic heterocycles. The second kappa shape index (κ2) is 5.68. The SMILES string of the molecule is CC(C)c1csc(NC(=O)C2(C#N)CCOCC2)n1. The van der Waals surface area contributed by atoms with Crippen LogP contribution in [0, 0.1) is 16.7 Å². The molecular weight excluding hydrogens is 262 g/mol. The van der Waals surface area contributed by atoms with Crippen molar-refractivity contribution in [1.29, 1.82) is 5.26 Å². The lowest BCUT2D eigenvalue weighted by atomic mass is 9.81. The first-order valence-electron chi connectivity index (χ1n) is 6.33. The van der Waals surface area contributed by atoms with Gasteiger partial charge in [0.25, 0.3) is 0 Å². The van der Waals surface area contributed by atoms with Crippen LogP contribution in [0.2, 0.25) is 0 Å². The fourth-order valence-corrected chi connectivity index (χ4v) is 2.80. The number of aromatic nitrogens is 1. The van der Waals surface area contributed by atoms with Crippen molar-refractivity contribution in [1.82, 2.24) is 4.98 Å². The molecule has 0 unspecified atom stereocenters. The van der Waals surface area contributed by atoms with Gasteiger partial charge in [0.2, 0.25) is 5.91 Å². The Bertz CT molecular complexity index is 498. The van der Waals surface area contributed by atoms with Gasteiger partial charge in [0.05, 0.1) is 11.8 Å². The van der Waals surface area contributed by atoms with E-state index in [4.69, 9.17) is 4.74 Å². The lowest BCUT2D eigenvalue weighted by Gasteiger charge is -2.28. The topological polar surface area (TPSA) is 75.0 Å². The lowest BCUT2D eigenvalue weighted by molar-refractivity contribution is -0.126. The molecule has 0 radical (unpaired) electrons. The van der Waals surface area contributed by atoms with E-state index in [9.17, 15) is 10.1 Å². The average molecular weight is 279 g/mol. The summed E-state index contributed by atoms with van der Waals surface area (Å²) in [6, 6.07) is 2.15. The zero-order valence-electron chi connectivity index (χ0n) is 11.1. The summed E-state index contributed by atoms with van der Waals surface area (Å²) in [7, 11) is 0. The summed E-state index contributed by atoms with van der Waals surface area (Å²) in [5, 5.41) is 14.6. The highest BCUT2D eigenvalue weighted by Crippen LogP contribution is 2.32. The van der Waals surface area contributed by atoms with Crippen LogP contribution < -0.4 is 5.32 Å². The number of nitrogens with zero attached hydrogens (tertiary/aromatic N) is 2. The summed E-state index contributed by atoms with van der Waals surface area (Å²) < 4.78 is 5.22. The van der Waals surface area contributed by atoms with Crippen LogP contribution in [0.25, 0.3) is 0 Å². The molecule has 1 N–H and O–H groups in total. The number of rotatable bonds is 3. The van der Waals surface area contributed by atoms with Gasteiger partial charge in [0, 0.05) is 18.6 Å². The molecule has 1 aliphatic rings. The van der Waals surface area contributed by atoms with Crippen molar-refractivity contribution in [3.05, 3.63) is 11.1 Å². The number of thiazole rings is 1. The number of carbonyl (C=O) groups excluding carboxylic acids is 1. The third-order valence-corrected chi connectivity index (χ3v) is 4.10. The number of hydrogen-bond acceptors (Lipinski definition) is 5. The average Bonchev–Trinajstić information content (AvgIpc) is 2.88. The summed E-state index contributed by atoms with van der Waals surface area (Å²) in [4.78, 5) is 16.6. The first-order chi connectivity index (χ1) is 9.07. The van der Waals surface area contributed by atoms with E-state index in [1.807, 2.05) is 5.38 Å². The Morgan fingerprint density at radius 3 is 2.79 bits per heavy atom. The molecule has 0 spiro atoms. The molecular formula is C13H17N3O2S. The van der Waals surface area contributed by atoms with E-state index in [0.29, 0.717) is 37.1 Å². The van der Waals surface area contributed by atoms with Crippen molar-refractivity contribution < 1.29 is 9.53 Å². The highest BCUT2D eigenvalue weighted by molar-refractivity contribution is 7.13. The van der Waals surface area contributed by atoms with Crippen LogP contribution in [0.4, 0.5) is 5.13 Å². The molecule has 2 heterocycles. The molecule has 0 saturated carbocycles. The first kappa shape index (κ1) is 14.0. The molecule has 0 bridgehead atoms. The van der Waals surface area contributed by atoms with Crippen LogP contribution in [0.5, 0.6) is 0 Å². The normalized spacial score (nSPS) is 18.0. The van der Waals surface area contributed by atoms with Crippen LogP contribution in [0.1, 0.15) is 38.3 Å². The van der Waals surface area contributed by atoms with Gasteiger partial charge >= 0.3 is 0 Å². The molecule has 6 heteroatoms. The molecule has 1 aromatic rings. The highest BCUT2D eigenvalue weighted by atomic mass is 32.1. The van der Waals surface area contributed by atoms with Gasteiger partial charge in [-0.2, -0.15) is 5.26 Å². The lowest BCUT2D eigenvalue weighted by Crippen LogP contribution is -2.39. The smallest absolute Gasteiger partial charge is 0.246 e. The van der Waals surface area contributed by atoms with Crippen molar-refractivity contribution in [2.75, 3.05) is 18.5 Å². The molecule has 1 aromatic heterocycles. The maximum atomic E-state index is 12.3. The number of carbonyl (C=O) groups is 1. The quantitative estimate of drug-likeness (QED) is 0.922. The minimum absolute atomic E-state index is 0.261. The summed E-state index contributed by atoms with van der Waals surface area (Å²) in [5.74, 6) is 0.0675. The third kappa shape index (κ3) is 2.94. The summed E-state index contributed by atoms with van der Waals surface area (Å²) >= 11 is 1.40. The van der Waals surface area contributed by atoms with Crippen LogP contribution in [0.15, 0.2) is 5.38 Å². The van der Waals surface area contributed by atoms with Crippen LogP contribution in [0.3, 0.4) is 0 Å². The van der Waals surface area contributed by atoms with Gasteiger partial charge in [-0.3, -0.25) is 4.79 Å². The van der Waals surface area contributed by atoms with E-state index in [0.717, 1.165) is 5.69 Å². The molecule has 1 amide bonds.